The maximum atomic E-state index is 13.3. The van der Waals surface area contributed by atoms with E-state index in [2.05, 4.69) is 15.0 Å². The number of carbonyl (C=O) groups is 1. The summed E-state index contributed by atoms with van der Waals surface area (Å²) in [6, 6.07) is 5.81. The fraction of sp³-hybridized carbons (Fsp3) is 0.294. The summed E-state index contributed by atoms with van der Waals surface area (Å²) in [5.74, 6) is -0.0876. The van der Waals surface area contributed by atoms with Crippen LogP contribution >= 0.6 is 11.6 Å². The zero-order valence-electron chi connectivity index (χ0n) is 14.2. The standard InChI is InChI=1S/C16H12ClF3N4O.CH4O/c17-11-5-9(1-2-10(11)15(3-4-15)16(18,19)20)12-6-13(23-7-22-12)14(21)24-8-25;1-2/h1-2,5-8H,3-4H2,(H2,21,24,25);2H,1H3. The lowest BCUT2D eigenvalue weighted by atomic mass is 9.93. The highest BCUT2D eigenvalue weighted by atomic mass is 35.5. The Morgan fingerprint density at radius 1 is 1.30 bits per heavy atom. The molecule has 1 fully saturated rings. The van der Waals surface area contributed by atoms with Crippen LogP contribution in [0.5, 0.6) is 0 Å². The Labute approximate surface area is 157 Å². The van der Waals surface area contributed by atoms with Crippen molar-refractivity contribution in [1.29, 1.82) is 0 Å². The predicted octanol–water partition coefficient (Wildman–Crippen LogP) is 2.86. The van der Waals surface area contributed by atoms with Crippen molar-refractivity contribution in [3.8, 4) is 11.3 Å². The van der Waals surface area contributed by atoms with E-state index < -0.39 is 11.6 Å². The number of alkyl halides is 3. The fourth-order valence-corrected chi connectivity index (χ4v) is 3.03. The maximum absolute atomic E-state index is 13.3. The van der Waals surface area contributed by atoms with Crippen molar-refractivity contribution in [1.82, 2.24) is 9.97 Å². The molecule has 0 saturated heterocycles. The number of nitrogens with two attached hydrogens (primary N) is 1. The van der Waals surface area contributed by atoms with E-state index >= 15 is 0 Å². The highest BCUT2D eigenvalue weighted by molar-refractivity contribution is 6.31. The van der Waals surface area contributed by atoms with Gasteiger partial charge >= 0.3 is 6.18 Å². The molecule has 3 rings (SSSR count). The molecule has 0 bridgehead atoms. The van der Waals surface area contributed by atoms with Crippen molar-refractivity contribution in [2.45, 2.75) is 24.4 Å². The van der Waals surface area contributed by atoms with E-state index in [-0.39, 0.29) is 41.4 Å². The van der Waals surface area contributed by atoms with Crippen molar-refractivity contribution in [3.05, 3.63) is 46.9 Å². The molecule has 2 aromatic rings. The Morgan fingerprint density at radius 2 is 1.96 bits per heavy atom. The number of carbonyl (C=O) groups excluding carboxylic acids is 1. The van der Waals surface area contributed by atoms with Gasteiger partial charge in [-0.25, -0.2) is 9.97 Å². The monoisotopic (exact) mass is 400 g/mol. The number of hydrogen-bond donors (Lipinski definition) is 2. The van der Waals surface area contributed by atoms with E-state index in [0.29, 0.717) is 11.3 Å². The van der Waals surface area contributed by atoms with Gasteiger partial charge in [0.15, 0.2) is 5.84 Å². The fourth-order valence-electron chi connectivity index (χ4n) is 2.67. The van der Waals surface area contributed by atoms with Gasteiger partial charge in [0.25, 0.3) is 0 Å². The molecular formula is C17H16ClF3N4O2. The summed E-state index contributed by atoms with van der Waals surface area (Å²) in [5, 5.41) is 7.03. The summed E-state index contributed by atoms with van der Waals surface area (Å²) in [6.07, 6.45) is -2.76. The van der Waals surface area contributed by atoms with Gasteiger partial charge in [0.2, 0.25) is 6.41 Å². The number of amides is 1. The third-order valence-corrected chi connectivity index (χ3v) is 4.51. The van der Waals surface area contributed by atoms with Crippen LogP contribution in [-0.2, 0) is 10.2 Å². The molecule has 0 unspecified atom stereocenters. The highest BCUT2D eigenvalue weighted by Crippen LogP contribution is 2.60. The first-order valence-electron chi connectivity index (χ1n) is 7.70. The molecule has 1 aromatic carbocycles. The van der Waals surface area contributed by atoms with Crippen LogP contribution in [0.4, 0.5) is 13.2 Å². The molecule has 1 aromatic heterocycles. The number of amidine groups is 1. The lowest BCUT2D eigenvalue weighted by Crippen LogP contribution is -2.28. The Morgan fingerprint density at radius 3 is 2.48 bits per heavy atom. The number of aliphatic hydroxyl groups is 1. The second-order valence-corrected chi connectivity index (χ2v) is 6.09. The second-order valence-electron chi connectivity index (χ2n) is 5.68. The van der Waals surface area contributed by atoms with Crippen LogP contribution in [0.25, 0.3) is 11.3 Å². The minimum atomic E-state index is -4.33. The molecule has 1 saturated carbocycles. The molecule has 0 atom stereocenters. The lowest BCUT2D eigenvalue weighted by molar-refractivity contribution is -0.160. The quantitative estimate of drug-likeness (QED) is 0.467. The maximum Gasteiger partial charge on any atom is 0.398 e. The third kappa shape index (κ3) is 4.09. The molecule has 1 aliphatic rings. The summed E-state index contributed by atoms with van der Waals surface area (Å²) in [5.41, 5.74) is 4.96. The Balaban J connectivity index is 0.00000126. The number of aromatic nitrogens is 2. The molecule has 10 heteroatoms. The van der Waals surface area contributed by atoms with Crippen molar-refractivity contribution in [2.75, 3.05) is 7.11 Å². The summed E-state index contributed by atoms with van der Waals surface area (Å²) < 4.78 is 39.8. The van der Waals surface area contributed by atoms with Gasteiger partial charge < -0.3 is 10.8 Å². The summed E-state index contributed by atoms with van der Waals surface area (Å²) >= 11 is 6.12. The minimum Gasteiger partial charge on any atom is -0.400 e. The van der Waals surface area contributed by atoms with Crippen LogP contribution in [0.15, 0.2) is 35.6 Å². The SMILES string of the molecule is CO.NC(=NC=O)c1cc(-c2ccc(C3(C(F)(F)F)CC3)c(Cl)c2)ncn1. The molecule has 1 aliphatic carbocycles. The average Bonchev–Trinajstić information content (AvgIpc) is 3.45. The molecule has 144 valence electrons. The molecule has 1 amide bonds. The number of benzene rings is 1. The molecule has 0 spiro atoms. The van der Waals surface area contributed by atoms with Gasteiger partial charge in [-0.2, -0.15) is 18.2 Å². The van der Waals surface area contributed by atoms with E-state index in [1.807, 2.05) is 0 Å². The molecule has 6 nitrogen and oxygen atoms in total. The largest absolute Gasteiger partial charge is 0.400 e. The number of aliphatic hydroxyl groups excluding tert-OH is 1. The summed E-state index contributed by atoms with van der Waals surface area (Å²) in [4.78, 5) is 21.7. The van der Waals surface area contributed by atoms with Crippen LogP contribution in [0.3, 0.4) is 0 Å². The topological polar surface area (TPSA) is 101 Å². The molecule has 0 aliphatic heterocycles. The summed E-state index contributed by atoms with van der Waals surface area (Å²) in [7, 11) is 1.00. The minimum absolute atomic E-state index is 0.0296. The first-order valence-corrected chi connectivity index (χ1v) is 8.07. The Kier molecular flexibility index (Phi) is 6.17. The van der Waals surface area contributed by atoms with Crippen molar-refractivity contribution in [3.63, 3.8) is 0 Å². The van der Waals surface area contributed by atoms with Crippen molar-refractivity contribution >= 4 is 23.8 Å². The van der Waals surface area contributed by atoms with Gasteiger partial charge in [0, 0.05) is 17.7 Å². The van der Waals surface area contributed by atoms with Crippen LogP contribution < -0.4 is 5.73 Å². The zero-order valence-corrected chi connectivity index (χ0v) is 14.9. The normalized spacial score (nSPS) is 15.6. The van der Waals surface area contributed by atoms with E-state index in [1.54, 1.807) is 0 Å². The number of halogens is 4. The molecule has 0 radical (unpaired) electrons. The molecule has 3 N–H and O–H groups in total. The average molecular weight is 401 g/mol. The number of rotatable bonds is 4. The van der Waals surface area contributed by atoms with E-state index in [0.717, 1.165) is 7.11 Å². The van der Waals surface area contributed by atoms with Gasteiger partial charge in [-0.3, -0.25) is 4.79 Å². The molecule has 1 heterocycles. The van der Waals surface area contributed by atoms with Crippen LogP contribution in [-0.4, -0.2) is 40.6 Å². The number of hydrogen-bond acceptors (Lipinski definition) is 4. The van der Waals surface area contributed by atoms with Gasteiger partial charge in [0.05, 0.1) is 11.1 Å². The third-order valence-electron chi connectivity index (χ3n) is 4.19. The second kappa shape index (κ2) is 8.01. The van der Waals surface area contributed by atoms with Gasteiger partial charge in [0.1, 0.15) is 12.0 Å². The predicted molar refractivity (Wildman–Crippen MR) is 94.4 cm³/mol. The van der Waals surface area contributed by atoms with Crippen molar-refractivity contribution in [2.24, 2.45) is 10.7 Å². The van der Waals surface area contributed by atoms with Crippen LogP contribution in [0.1, 0.15) is 24.1 Å². The van der Waals surface area contributed by atoms with Gasteiger partial charge in [-0.1, -0.05) is 23.7 Å². The Bertz CT molecular complexity index is 867. The Hall–Kier alpha value is -2.52. The van der Waals surface area contributed by atoms with E-state index in [4.69, 9.17) is 22.4 Å². The molecule has 27 heavy (non-hydrogen) atoms. The van der Waals surface area contributed by atoms with Crippen LogP contribution in [0, 0.1) is 0 Å². The lowest BCUT2D eigenvalue weighted by Gasteiger charge is -2.21. The first-order chi connectivity index (χ1) is 12.8. The highest BCUT2D eigenvalue weighted by Gasteiger charge is 2.64. The van der Waals surface area contributed by atoms with E-state index in [9.17, 15) is 18.0 Å². The number of aliphatic imine (C=N–C) groups is 1. The number of nitrogens with zero attached hydrogens (tertiary/aromatic N) is 3. The van der Waals surface area contributed by atoms with Gasteiger partial charge in [-0.15, -0.1) is 0 Å². The van der Waals surface area contributed by atoms with Crippen LogP contribution in [0.2, 0.25) is 5.02 Å². The van der Waals surface area contributed by atoms with E-state index in [1.165, 1.54) is 30.6 Å². The molecular weight excluding hydrogens is 385 g/mol. The smallest absolute Gasteiger partial charge is 0.398 e. The first kappa shape index (κ1) is 20.8. The van der Waals surface area contributed by atoms with Crippen molar-refractivity contribution < 1.29 is 23.1 Å². The van der Waals surface area contributed by atoms with Gasteiger partial charge in [-0.05, 0) is 30.5 Å². The zero-order chi connectivity index (χ0) is 20.2. The summed E-state index contributed by atoms with van der Waals surface area (Å²) in [6.45, 7) is 0.